The summed E-state index contributed by atoms with van der Waals surface area (Å²) in [5, 5.41) is 3.43. The van der Waals surface area contributed by atoms with Crippen molar-refractivity contribution in [3.05, 3.63) is 52.1 Å². The van der Waals surface area contributed by atoms with Crippen LogP contribution in [0, 0.1) is 6.92 Å². The fraction of sp³-hybridized carbons (Fsp3) is 0.353. The Morgan fingerprint density at radius 3 is 2.67 bits per heavy atom. The highest BCUT2D eigenvalue weighted by molar-refractivity contribution is 9.10. The first kappa shape index (κ1) is 14.4. The molecule has 21 heavy (non-hydrogen) atoms. The first-order chi connectivity index (χ1) is 10.2. The van der Waals surface area contributed by atoms with Crippen LogP contribution in [-0.2, 0) is 6.54 Å². The molecule has 1 saturated heterocycles. The zero-order valence-corrected chi connectivity index (χ0v) is 13.9. The van der Waals surface area contributed by atoms with E-state index >= 15 is 0 Å². The Hall–Kier alpha value is -1.55. The number of rotatable bonds is 4. The van der Waals surface area contributed by atoms with Gasteiger partial charge in [0.05, 0.1) is 11.9 Å². The number of benzene rings is 1. The van der Waals surface area contributed by atoms with E-state index in [0.29, 0.717) is 0 Å². The van der Waals surface area contributed by atoms with Crippen molar-refractivity contribution >= 4 is 27.4 Å². The summed E-state index contributed by atoms with van der Waals surface area (Å²) in [7, 11) is 0. The van der Waals surface area contributed by atoms with Gasteiger partial charge in [-0.05, 0) is 49.1 Å². The Bertz CT molecular complexity index is 604. The van der Waals surface area contributed by atoms with E-state index in [1.807, 2.05) is 6.20 Å². The molecule has 1 aromatic carbocycles. The fourth-order valence-electron chi connectivity index (χ4n) is 2.64. The predicted molar refractivity (Wildman–Crippen MR) is 91.9 cm³/mol. The molecule has 0 saturated carbocycles. The number of hydrogen-bond donors (Lipinski definition) is 1. The second-order valence-electron chi connectivity index (χ2n) is 5.54. The van der Waals surface area contributed by atoms with Gasteiger partial charge in [-0.15, -0.1) is 0 Å². The van der Waals surface area contributed by atoms with Gasteiger partial charge in [-0.2, -0.15) is 0 Å². The maximum atomic E-state index is 4.56. The summed E-state index contributed by atoms with van der Waals surface area (Å²) in [6, 6.07) is 10.7. The van der Waals surface area contributed by atoms with Crippen molar-refractivity contribution in [3.63, 3.8) is 0 Å². The van der Waals surface area contributed by atoms with E-state index in [2.05, 4.69) is 68.4 Å². The zero-order valence-electron chi connectivity index (χ0n) is 12.3. The molecule has 110 valence electrons. The summed E-state index contributed by atoms with van der Waals surface area (Å²) >= 11 is 3.53. The highest BCUT2D eigenvalue weighted by Gasteiger charge is 2.12. The van der Waals surface area contributed by atoms with Crippen LogP contribution >= 0.6 is 15.9 Å². The minimum Gasteiger partial charge on any atom is -0.380 e. The van der Waals surface area contributed by atoms with Crippen LogP contribution in [0.4, 0.5) is 11.5 Å². The molecule has 1 aromatic heterocycles. The normalized spacial score (nSPS) is 14.5. The molecule has 0 radical (unpaired) electrons. The monoisotopic (exact) mass is 345 g/mol. The average molecular weight is 346 g/mol. The molecule has 0 aliphatic carbocycles. The van der Waals surface area contributed by atoms with Crippen molar-refractivity contribution in [2.75, 3.05) is 23.3 Å². The highest BCUT2D eigenvalue weighted by Crippen LogP contribution is 2.20. The number of anilines is 2. The summed E-state index contributed by atoms with van der Waals surface area (Å²) in [4.78, 5) is 6.91. The van der Waals surface area contributed by atoms with Crippen LogP contribution in [0.25, 0.3) is 0 Å². The molecule has 0 spiro atoms. The predicted octanol–water partition coefficient (Wildman–Crippen LogP) is 4.36. The van der Waals surface area contributed by atoms with Crippen LogP contribution in [0.15, 0.2) is 41.0 Å². The molecule has 1 N–H and O–H groups in total. The maximum Gasteiger partial charge on any atom is 0.128 e. The lowest BCUT2D eigenvalue weighted by Gasteiger charge is -2.16. The number of halogens is 1. The Balaban J connectivity index is 1.61. The summed E-state index contributed by atoms with van der Waals surface area (Å²) < 4.78 is 1.16. The quantitative estimate of drug-likeness (QED) is 0.891. The van der Waals surface area contributed by atoms with Gasteiger partial charge in [-0.3, -0.25) is 0 Å². The lowest BCUT2D eigenvalue weighted by molar-refractivity contribution is 0.937. The van der Waals surface area contributed by atoms with E-state index in [1.54, 1.807) is 0 Å². The van der Waals surface area contributed by atoms with Crippen molar-refractivity contribution in [1.82, 2.24) is 4.98 Å². The lowest BCUT2D eigenvalue weighted by Crippen LogP contribution is -2.18. The van der Waals surface area contributed by atoms with Crippen LogP contribution in [-0.4, -0.2) is 18.1 Å². The standard InChI is InChI=1S/C17H20BrN3/c1-13-10-14(4-6-16(13)18)11-19-15-5-7-17(20-12-15)21-8-2-3-9-21/h4-7,10,12,19H,2-3,8-9,11H2,1H3. The number of aromatic nitrogens is 1. The molecular weight excluding hydrogens is 326 g/mol. The Kier molecular flexibility index (Phi) is 4.44. The van der Waals surface area contributed by atoms with Crippen molar-refractivity contribution in [2.45, 2.75) is 26.3 Å². The van der Waals surface area contributed by atoms with E-state index < -0.39 is 0 Å². The smallest absolute Gasteiger partial charge is 0.128 e. The molecule has 0 amide bonds. The van der Waals surface area contributed by atoms with Gasteiger partial charge < -0.3 is 10.2 Å². The van der Waals surface area contributed by atoms with Crippen LogP contribution in [0.1, 0.15) is 24.0 Å². The molecule has 0 bridgehead atoms. The fourth-order valence-corrected chi connectivity index (χ4v) is 2.89. The van der Waals surface area contributed by atoms with Crippen molar-refractivity contribution in [2.24, 2.45) is 0 Å². The molecule has 0 atom stereocenters. The maximum absolute atomic E-state index is 4.56. The van der Waals surface area contributed by atoms with E-state index in [4.69, 9.17) is 0 Å². The first-order valence-corrected chi connectivity index (χ1v) is 8.21. The van der Waals surface area contributed by atoms with Gasteiger partial charge >= 0.3 is 0 Å². The van der Waals surface area contributed by atoms with Crippen LogP contribution in [0.3, 0.4) is 0 Å². The van der Waals surface area contributed by atoms with Gasteiger partial charge in [0.2, 0.25) is 0 Å². The van der Waals surface area contributed by atoms with Crippen molar-refractivity contribution in [3.8, 4) is 0 Å². The van der Waals surface area contributed by atoms with Gasteiger partial charge in [-0.1, -0.05) is 28.1 Å². The summed E-state index contributed by atoms with van der Waals surface area (Å²) in [6.07, 6.45) is 4.49. The van der Waals surface area contributed by atoms with Crippen LogP contribution < -0.4 is 10.2 Å². The largest absolute Gasteiger partial charge is 0.380 e. The third kappa shape index (κ3) is 3.56. The molecule has 3 nitrogen and oxygen atoms in total. The summed E-state index contributed by atoms with van der Waals surface area (Å²) in [5.41, 5.74) is 3.61. The van der Waals surface area contributed by atoms with E-state index in [-0.39, 0.29) is 0 Å². The van der Waals surface area contributed by atoms with Gasteiger partial charge in [-0.25, -0.2) is 4.98 Å². The molecular formula is C17H20BrN3. The van der Waals surface area contributed by atoms with Crippen LogP contribution in [0.5, 0.6) is 0 Å². The second-order valence-corrected chi connectivity index (χ2v) is 6.39. The molecule has 1 aliphatic heterocycles. The Morgan fingerprint density at radius 1 is 1.19 bits per heavy atom. The minimum absolute atomic E-state index is 0.818. The van der Waals surface area contributed by atoms with Gasteiger partial charge in [0.1, 0.15) is 5.82 Å². The first-order valence-electron chi connectivity index (χ1n) is 7.42. The second kappa shape index (κ2) is 6.48. The van der Waals surface area contributed by atoms with Gasteiger partial charge in [0.25, 0.3) is 0 Å². The molecule has 2 aromatic rings. The van der Waals surface area contributed by atoms with Crippen LogP contribution in [0.2, 0.25) is 0 Å². The van der Waals surface area contributed by atoms with Crippen molar-refractivity contribution in [1.29, 1.82) is 0 Å². The van der Waals surface area contributed by atoms with Gasteiger partial charge in [0, 0.05) is 24.1 Å². The van der Waals surface area contributed by atoms with E-state index in [1.165, 1.54) is 24.0 Å². The molecule has 1 aliphatic rings. The Morgan fingerprint density at radius 2 is 2.00 bits per heavy atom. The highest BCUT2D eigenvalue weighted by atomic mass is 79.9. The number of nitrogens with zero attached hydrogens (tertiary/aromatic N) is 2. The molecule has 2 heterocycles. The SMILES string of the molecule is Cc1cc(CNc2ccc(N3CCCC3)nc2)ccc1Br. The van der Waals surface area contributed by atoms with Gasteiger partial charge in [0.15, 0.2) is 0 Å². The third-order valence-corrected chi connectivity index (χ3v) is 4.79. The number of aryl methyl sites for hydroxylation is 1. The molecule has 3 rings (SSSR count). The van der Waals surface area contributed by atoms with Crippen molar-refractivity contribution < 1.29 is 0 Å². The molecule has 1 fully saturated rings. The average Bonchev–Trinajstić information content (AvgIpc) is 3.03. The third-order valence-electron chi connectivity index (χ3n) is 3.90. The number of pyridine rings is 1. The topological polar surface area (TPSA) is 28.2 Å². The summed E-state index contributed by atoms with van der Waals surface area (Å²) in [5.74, 6) is 1.09. The zero-order chi connectivity index (χ0) is 14.7. The Labute approximate surface area is 134 Å². The molecule has 0 unspecified atom stereocenters. The molecule has 4 heteroatoms. The minimum atomic E-state index is 0.818. The van der Waals surface area contributed by atoms with E-state index in [0.717, 1.165) is 35.6 Å². The summed E-state index contributed by atoms with van der Waals surface area (Å²) in [6.45, 7) is 5.20. The number of nitrogens with one attached hydrogen (secondary N) is 1. The number of hydrogen-bond acceptors (Lipinski definition) is 3. The lowest BCUT2D eigenvalue weighted by atomic mass is 10.1. The van der Waals surface area contributed by atoms with E-state index in [9.17, 15) is 0 Å².